The zero-order valence-corrected chi connectivity index (χ0v) is 15.1. The van der Waals surface area contributed by atoms with Gasteiger partial charge in [-0.2, -0.15) is 10.1 Å². The lowest BCUT2D eigenvalue weighted by Gasteiger charge is -2.37. The van der Waals surface area contributed by atoms with Crippen LogP contribution in [0.3, 0.4) is 0 Å². The van der Waals surface area contributed by atoms with Crippen molar-refractivity contribution in [3.05, 3.63) is 40.9 Å². The van der Waals surface area contributed by atoms with Gasteiger partial charge in [-0.1, -0.05) is 23.8 Å². The number of carbonyl (C=O) groups excluding carboxylic acids is 2. The number of amides is 2. The van der Waals surface area contributed by atoms with Crippen LogP contribution in [0.15, 0.2) is 35.5 Å². The summed E-state index contributed by atoms with van der Waals surface area (Å²) in [5.74, 6) is 1.41. The number of ether oxygens (including phenoxy) is 1. The molecule has 0 aromatic heterocycles. The summed E-state index contributed by atoms with van der Waals surface area (Å²) >= 11 is 6.06. The second kappa shape index (κ2) is 5.68. The van der Waals surface area contributed by atoms with Gasteiger partial charge in [0.15, 0.2) is 0 Å². The first-order valence-corrected chi connectivity index (χ1v) is 9.50. The van der Waals surface area contributed by atoms with E-state index in [1.807, 2.05) is 6.92 Å². The second-order valence-electron chi connectivity index (χ2n) is 7.50. The lowest BCUT2D eigenvalue weighted by Crippen LogP contribution is -2.40. The quantitative estimate of drug-likeness (QED) is 0.465. The van der Waals surface area contributed by atoms with Crippen molar-refractivity contribution in [1.82, 2.24) is 5.01 Å². The molecule has 0 radical (unpaired) electrons. The number of halogens is 1. The van der Waals surface area contributed by atoms with Gasteiger partial charge in [0.05, 0.1) is 24.7 Å². The number of rotatable bonds is 4. The van der Waals surface area contributed by atoms with E-state index in [9.17, 15) is 9.59 Å². The van der Waals surface area contributed by atoms with E-state index in [1.54, 1.807) is 18.2 Å². The molecule has 1 aromatic rings. The van der Waals surface area contributed by atoms with Gasteiger partial charge in [-0.3, -0.25) is 9.59 Å². The van der Waals surface area contributed by atoms with Crippen LogP contribution < -0.4 is 4.74 Å². The largest absolute Gasteiger partial charge is 0.493 e. The molecule has 0 unspecified atom stereocenters. The number of carbonyl (C=O) groups is 2. The highest BCUT2D eigenvalue weighted by Crippen LogP contribution is 2.65. The Morgan fingerprint density at radius 3 is 2.46 bits per heavy atom. The van der Waals surface area contributed by atoms with E-state index in [1.165, 1.54) is 6.21 Å². The number of nitrogens with zero attached hydrogens (tertiary/aromatic N) is 2. The predicted octanol–water partition coefficient (Wildman–Crippen LogP) is 3.13. The molecule has 1 heterocycles. The third-order valence-corrected chi connectivity index (χ3v) is 6.46. The van der Waals surface area contributed by atoms with Gasteiger partial charge in [-0.05, 0) is 55.2 Å². The normalized spacial score (nSPS) is 36.6. The lowest BCUT2D eigenvalue weighted by atomic mass is 9.63. The molecule has 0 N–H and O–H groups in total. The molecule has 0 spiro atoms. The van der Waals surface area contributed by atoms with E-state index < -0.39 is 0 Å². The topological polar surface area (TPSA) is 59.0 Å². The van der Waals surface area contributed by atoms with E-state index in [0.29, 0.717) is 34.8 Å². The Hall–Kier alpha value is -2.14. The smallest absolute Gasteiger partial charge is 0.254 e. The minimum absolute atomic E-state index is 0.166. The molecule has 4 aliphatic carbocycles. The van der Waals surface area contributed by atoms with Gasteiger partial charge in [0, 0.05) is 10.6 Å². The zero-order valence-electron chi connectivity index (χ0n) is 14.3. The average molecular weight is 371 g/mol. The highest BCUT2D eigenvalue weighted by molar-refractivity contribution is 6.31. The van der Waals surface area contributed by atoms with Crippen molar-refractivity contribution in [3.63, 3.8) is 0 Å². The van der Waals surface area contributed by atoms with Crippen molar-refractivity contribution in [2.75, 3.05) is 6.61 Å². The van der Waals surface area contributed by atoms with E-state index in [-0.39, 0.29) is 35.5 Å². The Kier molecular flexibility index (Phi) is 3.51. The van der Waals surface area contributed by atoms with Crippen LogP contribution in [0.2, 0.25) is 5.02 Å². The van der Waals surface area contributed by atoms with Crippen LogP contribution in [-0.2, 0) is 9.59 Å². The van der Waals surface area contributed by atoms with Crippen LogP contribution in [0.5, 0.6) is 5.75 Å². The fourth-order valence-corrected chi connectivity index (χ4v) is 5.26. The van der Waals surface area contributed by atoms with Crippen LogP contribution >= 0.6 is 11.6 Å². The molecule has 2 amide bonds. The Balaban J connectivity index is 1.44. The second-order valence-corrected chi connectivity index (χ2v) is 7.94. The molecule has 6 rings (SSSR count). The Bertz CT molecular complexity index is 829. The van der Waals surface area contributed by atoms with Gasteiger partial charge in [0.2, 0.25) is 0 Å². The SMILES string of the molecule is CCOc1ccc(Cl)cc1/C=N\N1C(=O)[C@@H]2[C@H]3C=C[C@@H]([C@@H]4C[C@@H]34)[C@H]2C1=O. The number of imide groups is 1. The fraction of sp³-hybridized carbons (Fsp3) is 0.450. The molecular weight excluding hydrogens is 352 g/mol. The molecule has 5 nitrogen and oxygen atoms in total. The molecule has 2 saturated carbocycles. The monoisotopic (exact) mass is 370 g/mol. The van der Waals surface area contributed by atoms with Gasteiger partial charge in [0.25, 0.3) is 11.8 Å². The summed E-state index contributed by atoms with van der Waals surface area (Å²) in [6.07, 6.45) is 6.96. The van der Waals surface area contributed by atoms with Crippen LogP contribution in [0.4, 0.5) is 0 Å². The lowest BCUT2D eigenvalue weighted by molar-refractivity contribution is -0.140. The predicted molar refractivity (Wildman–Crippen MR) is 96.8 cm³/mol. The van der Waals surface area contributed by atoms with E-state index >= 15 is 0 Å². The molecule has 2 bridgehead atoms. The third kappa shape index (κ3) is 2.19. The van der Waals surface area contributed by atoms with Gasteiger partial charge in [-0.25, -0.2) is 0 Å². The molecule has 6 heteroatoms. The minimum atomic E-state index is -0.232. The summed E-state index contributed by atoms with van der Waals surface area (Å²) in [6, 6.07) is 5.22. The van der Waals surface area contributed by atoms with Gasteiger partial charge in [0.1, 0.15) is 5.75 Å². The standard InChI is InChI=1S/C20H19ClN2O3/c1-2-26-16-6-3-11(21)7-10(16)9-22-23-19(24)17-12-4-5-13(15-8-14(12)15)18(17)20(23)25/h3-7,9,12-15,17-18H,2,8H2,1H3/b22-9-/t12-,13-,14-,15-,17+,18+/m0/s1. The summed E-state index contributed by atoms with van der Waals surface area (Å²) in [4.78, 5) is 25.8. The highest BCUT2D eigenvalue weighted by Gasteiger charge is 2.67. The first-order valence-electron chi connectivity index (χ1n) is 9.12. The first-order chi connectivity index (χ1) is 12.6. The van der Waals surface area contributed by atoms with E-state index in [4.69, 9.17) is 16.3 Å². The third-order valence-electron chi connectivity index (χ3n) is 6.22. The Labute approximate surface area is 156 Å². The van der Waals surface area contributed by atoms with Gasteiger partial charge < -0.3 is 4.74 Å². The van der Waals surface area contributed by atoms with Crippen molar-refractivity contribution in [1.29, 1.82) is 0 Å². The fourth-order valence-electron chi connectivity index (χ4n) is 5.08. The maximum Gasteiger partial charge on any atom is 0.254 e. The number of hydrazone groups is 1. The van der Waals surface area contributed by atoms with E-state index in [2.05, 4.69) is 17.3 Å². The van der Waals surface area contributed by atoms with Crippen molar-refractivity contribution in [3.8, 4) is 5.75 Å². The molecular formula is C20H19ClN2O3. The molecule has 5 aliphatic rings. The summed E-state index contributed by atoms with van der Waals surface area (Å²) in [7, 11) is 0. The zero-order chi connectivity index (χ0) is 18.0. The van der Waals surface area contributed by atoms with Crippen LogP contribution in [0.25, 0.3) is 0 Å². The van der Waals surface area contributed by atoms with Crippen molar-refractivity contribution in [2.24, 2.45) is 40.6 Å². The van der Waals surface area contributed by atoms with Crippen LogP contribution in [0, 0.1) is 35.5 Å². The maximum atomic E-state index is 12.9. The molecule has 1 aliphatic heterocycles. The molecule has 1 saturated heterocycles. The Morgan fingerprint density at radius 1 is 1.19 bits per heavy atom. The minimum Gasteiger partial charge on any atom is -0.493 e. The van der Waals surface area contributed by atoms with Crippen LogP contribution in [-0.4, -0.2) is 29.6 Å². The van der Waals surface area contributed by atoms with Crippen LogP contribution in [0.1, 0.15) is 18.9 Å². The van der Waals surface area contributed by atoms with Gasteiger partial charge >= 0.3 is 0 Å². The summed E-state index contributed by atoms with van der Waals surface area (Å²) < 4.78 is 5.57. The summed E-state index contributed by atoms with van der Waals surface area (Å²) in [5.41, 5.74) is 0.652. The van der Waals surface area contributed by atoms with Gasteiger partial charge in [-0.15, -0.1) is 0 Å². The number of hydrogen-bond acceptors (Lipinski definition) is 4. The number of allylic oxidation sites excluding steroid dienone is 2. The first kappa shape index (κ1) is 16.1. The van der Waals surface area contributed by atoms with Crippen molar-refractivity contribution >= 4 is 29.6 Å². The Morgan fingerprint density at radius 2 is 1.85 bits per heavy atom. The van der Waals surface area contributed by atoms with Crippen molar-refractivity contribution in [2.45, 2.75) is 13.3 Å². The van der Waals surface area contributed by atoms with Crippen molar-refractivity contribution < 1.29 is 14.3 Å². The molecule has 3 fully saturated rings. The maximum absolute atomic E-state index is 12.9. The van der Waals surface area contributed by atoms with E-state index in [0.717, 1.165) is 11.4 Å². The average Bonchev–Trinajstić information content (AvgIpc) is 3.41. The summed E-state index contributed by atoms with van der Waals surface area (Å²) in [6.45, 7) is 2.40. The molecule has 26 heavy (non-hydrogen) atoms. The molecule has 6 atom stereocenters. The molecule has 134 valence electrons. The summed E-state index contributed by atoms with van der Waals surface area (Å²) in [5, 5.41) is 5.86. The number of hydrogen-bond donors (Lipinski definition) is 0. The number of benzene rings is 1. The highest BCUT2D eigenvalue weighted by atomic mass is 35.5. The molecule has 1 aromatic carbocycles.